The minimum atomic E-state index is -0.813. The maximum Gasteiger partial charge on any atom is 0.238 e. The molecule has 0 bridgehead atoms. The third kappa shape index (κ3) is 3.83. The van der Waals surface area contributed by atoms with Gasteiger partial charge < -0.3 is 4.42 Å². The summed E-state index contributed by atoms with van der Waals surface area (Å²) in [5, 5.41) is 4.31. The Hall–Kier alpha value is -6.85. The van der Waals surface area contributed by atoms with E-state index in [1.807, 2.05) is 30.3 Å². The fourth-order valence-corrected chi connectivity index (χ4v) is 8.46. The van der Waals surface area contributed by atoms with Gasteiger partial charge in [-0.2, -0.15) is 9.97 Å². The van der Waals surface area contributed by atoms with Crippen molar-refractivity contribution in [3.63, 3.8) is 0 Å². The highest BCUT2D eigenvalue weighted by molar-refractivity contribution is 6.12. The van der Waals surface area contributed by atoms with Crippen LogP contribution in [0.3, 0.4) is 0 Å². The molecule has 5 nitrogen and oxygen atoms in total. The van der Waals surface area contributed by atoms with Gasteiger partial charge in [0, 0.05) is 27.1 Å². The second-order valence-corrected chi connectivity index (χ2v) is 13.1. The van der Waals surface area contributed by atoms with Crippen LogP contribution in [0.5, 0.6) is 0 Å². The lowest BCUT2D eigenvalue weighted by Gasteiger charge is -2.32. The fourth-order valence-electron chi connectivity index (χ4n) is 8.46. The minimum Gasteiger partial charge on any atom is -0.456 e. The number of hydrogen-bond acceptors (Lipinski definition) is 4. The minimum absolute atomic E-state index is 0.564. The number of furan rings is 1. The summed E-state index contributed by atoms with van der Waals surface area (Å²) < 4.78 is 8.56. The molecule has 1 aliphatic carbocycles. The van der Waals surface area contributed by atoms with Crippen LogP contribution < -0.4 is 0 Å². The molecule has 0 unspecified atom stereocenters. The standard InChI is InChI=1S/C46H28N4O/c1-2-15-29(16-3-1)46(36-23-9-4-17-30(36)31-18-5-10-24-37(31)46)44-47-43(35-22-14-28-41-42(35)34-21-8-13-27-40(34)51-41)48-45(49-44)50-38-25-11-6-19-32(38)33-20-7-12-26-39(33)50/h1-28H. The van der Waals surface area contributed by atoms with Gasteiger partial charge in [-0.1, -0.05) is 146 Å². The van der Waals surface area contributed by atoms with Crippen molar-refractivity contribution in [2.24, 2.45) is 0 Å². The Morgan fingerprint density at radius 3 is 1.69 bits per heavy atom. The molecule has 3 heterocycles. The Morgan fingerprint density at radius 1 is 0.431 bits per heavy atom. The van der Waals surface area contributed by atoms with Crippen LogP contribution in [0.4, 0.5) is 0 Å². The Labute approximate surface area is 293 Å². The van der Waals surface area contributed by atoms with Gasteiger partial charge in [0.05, 0.1) is 11.0 Å². The monoisotopic (exact) mass is 652 g/mol. The van der Waals surface area contributed by atoms with Gasteiger partial charge in [-0.05, 0) is 52.1 Å². The van der Waals surface area contributed by atoms with Gasteiger partial charge in [0.25, 0.3) is 0 Å². The predicted molar refractivity (Wildman–Crippen MR) is 204 cm³/mol. The van der Waals surface area contributed by atoms with Crippen LogP contribution in [0.2, 0.25) is 0 Å². The van der Waals surface area contributed by atoms with Gasteiger partial charge in [0.2, 0.25) is 5.95 Å². The van der Waals surface area contributed by atoms with Gasteiger partial charge in [-0.3, -0.25) is 4.57 Å². The topological polar surface area (TPSA) is 56.7 Å². The maximum atomic E-state index is 6.37. The van der Waals surface area contributed by atoms with Gasteiger partial charge in [-0.15, -0.1) is 0 Å². The highest BCUT2D eigenvalue weighted by Crippen LogP contribution is 2.55. The van der Waals surface area contributed by atoms with Crippen LogP contribution in [-0.4, -0.2) is 19.5 Å². The first-order valence-corrected chi connectivity index (χ1v) is 17.2. The van der Waals surface area contributed by atoms with Crippen LogP contribution in [0.25, 0.3) is 72.2 Å². The summed E-state index contributed by atoms with van der Waals surface area (Å²) in [5.74, 6) is 1.82. The molecule has 0 N–H and O–H groups in total. The number of para-hydroxylation sites is 3. The zero-order chi connectivity index (χ0) is 33.5. The van der Waals surface area contributed by atoms with E-state index in [1.54, 1.807) is 0 Å². The summed E-state index contributed by atoms with van der Waals surface area (Å²) >= 11 is 0. The number of benzene rings is 7. The average molecular weight is 653 g/mol. The normalized spacial score (nSPS) is 13.3. The summed E-state index contributed by atoms with van der Waals surface area (Å²) in [7, 11) is 0. The third-order valence-electron chi connectivity index (χ3n) is 10.5. The first-order valence-electron chi connectivity index (χ1n) is 17.2. The smallest absolute Gasteiger partial charge is 0.238 e. The van der Waals surface area contributed by atoms with Crippen LogP contribution >= 0.6 is 0 Å². The summed E-state index contributed by atoms with van der Waals surface area (Å²) in [6, 6.07) is 59.3. The number of aromatic nitrogens is 4. The summed E-state index contributed by atoms with van der Waals surface area (Å²) in [6.45, 7) is 0. The molecule has 0 radical (unpaired) electrons. The zero-order valence-corrected chi connectivity index (χ0v) is 27.4. The predicted octanol–water partition coefficient (Wildman–Crippen LogP) is 10.9. The van der Waals surface area contributed by atoms with Gasteiger partial charge in [0.15, 0.2) is 11.6 Å². The Balaban J connectivity index is 1.32. The summed E-state index contributed by atoms with van der Waals surface area (Å²) in [4.78, 5) is 16.5. The van der Waals surface area contributed by atoms with Gasteiger partial charge in [0.1, 0.15) is 16.6 Å². The molecule has 51 heavy (non-hydrogen) atoms. The van der Waals surface area contributed by atoms with Crippen LogP contribution in [-0.2, 0) is 5.41 Å². The molecule has 3 aromatic heterocycles. The molecule has 0 atom stereocenters. The maximum absolute atomic E-state index is 6.37. The van der Waals surface area contributed by atoms with E-state index in [0.29, 0.717) is 17.6 Å². The number of fused-ring (bicyclic) bond motifs is 9. The van der Waals surface area contributed by atoms with Crippen molar-refractivity contribution in [2.75, 3.05) is 0 Å². The molecular formula is C46H28N4O. The lowest BCUT2D eigenvalue weighted by atomic mass is 9.71. The van der Waals surface area contributed by atoms with Crippen LogP contribution in [0.15, 0.2) is 174 Å². The largest absolute Gasteiger partial charge is 0.456 e. The molecule has 5 heteroatoms. The number of rotatable bonds is 4. The fraction of sp³-hybridized carbons (Fsp3) is 0.0217. The lowest BCUT2D eigenvalue weighted by Crippen LogP contribution is -2.32. The van der Waals surface area contributed by atoms with E-state index >= 15 is 0 Å². The van der Waals surface area contributed by atoms with E-state index in [-0.39, 0.29) is 0 Å². The molecule has 0 saturated carbocycles. The van der Waals surface area contributed by atoms with E-state index < -0.39 is 5.41 Å². The van der Waals surface area contributed by atoms with Gasteiger partial charge in [-0.25, -0.2) is 4.98 Å². The molecular weight excluding hydrogens is 625 g/mol. The highest BCUT2D eigenvalue weighted by Gasteiger charge is 2.49. The van der Waals surface area contributed by atoms with Crippen molar-refractivity contribution in [1.29, 1.82) is 0 Å². The number of hydrogen-bond donors (Lipinski definition) is 0. The molecule has 1 aliphatic rings. The van der Waals surface area contributed by atoms with Crippen molar-refractivity contribution in [2.45, 2.75) is 5.41 Å². The molecule has 0 spiro atoms. The summed E-state index contributed by atoms with van der Waals surface area (Å²) in [5.41, 5.74) is 9.53. The molecule has 10 aromatic rings. The van der Waals surface area contributed by atoms with E-state index in [1.165, 1.54) is 11.1 Å². The zero-order valence-electron chi connectivity index (χ0n) is 27.4. The SMILES string of the molecule is c1ccc(C2(c3nc(-c4cccc5oc6ccccc6c45)nc(-n4c5ccccc5c5ccccc54)n3)c3ccccc3-c3ccccc32)cc1. The van der Waals surface area contributed by atoms with E-state index in [9.17, 15) is 0 Å². The van der Waals surface area contributed by atoms with E-state index in [4.69, 9.17) is 19.4 Å². The van der Waals surface area contributed by atoms with Gasteiger partial charge >= 0.3 is 0 Å². The van der Waals surface area contributed by atoms with E-state index in [2.05, 4.69) is 144 Å². The number of nitrogens with zero attached hydrogens (tertiary/aromatic N) is 4. The molecule has 238 valence electrons. The van der Waals surface area contributed by atoms with Crippen molar-refractivity contribution in [3.8, 4) is 28.5 Å². The quantitative estimate of drug-likeness (QED) is 0.190. The van der Waals surface area contributed by atoms with E-state index in [0.717, 1.165) is 66.0 Å². The van der Waals surface area contributed by atoms with Crippen LogP contribution in [0.1, 0.15) is 22.5 Å². The lowest BCUT2D eigenvalue weighted by molar-refractivity contribution is 0.669. The first-order chi connectivity index (χ1) is 25.3. The van der Waals surface area contributed by atoms with Crippen LogP contribution in [0, 0.1) is 0 Å². The summed E-state index contributed by atoms with van der Waals surface area (Å²) in [6.07, 6.45) is 0. The molecule has 0 saturated heterocycles. The molecule has 0 amide bonds. The molecule has 0 aliphatic heterocycles. The third-order valence-corrected chi connectivity index (χ3v) is 10.5. The van der Waals surface area contributed by atoms with Crippen molar-refractivity contribution < 1.29 is 4.42 Å². The Bertz CT molecular complexity index is 2890. The molecule has 0 fully saturated rings. The second kappa shape index (κ2) is 10.6. The highest BCUT2D eigenvalue weighted by atomic mass is 16.3. The van der Waals surface area contributed by atoms with Crippen molar-refractivity contribution >= 4 is 43.7 Å². The second-order valence-electron chi connectivity index (χ2n) is 13.1. The Morgan fingerprint density at radius 2 is 0.980 bits per heavy atom. The van der Waals surface area contributed by atoms with Crippen molar-refractivity contribution in [1.82, 2.24) is 19.5 Å². The van der Waals surface area contributed by atoms with Crippen molar-refractivity contribution in [3.05, 3.63) is 192 Å². The first kappa shape index (κ1) is 28.0. The average Bonchev–Trinajstić information content (AvgIpc) is 3.85. The molecule has 7 aromatic carbocycles. The molecule has 11 rings (SSSR count). The Kier molecular flexibility index (Phi) is 5.81.